The van der Waals surface area contributed by atoms with Gasteiger partial charge in [0.25, 0.3) is 13.4 Å². The summed E-state index contributed by atoms with van der Waals surface area (Å²) < 4.78 is 10.8. The molecule has 9 heterocycles. The molecule has 4 nitrogen and oxygen atoms in total. The SMILES string of the molecule is c1ccc(-c2ccc3c(c2)c2cc4c5cc(-c6ccccc6)ccc5n5c4c4c2n3-c2ccc3c6c2B4c2c-5ccc4c2B6c2c5c(cc6c7cc(-c8ccccc8)ccc7n-4c26)c2cc(-c4ccccc4)ccc2n5-3)cc1. The van der Waals surface area contributed by atoms with Gasteiger partial charge in [-0.15, -0.1) is 0 Å². The largest absolute Gasteiger partial charge is 0.310 e. The summed E-state index contributed by atoms with van der Waals surface area (Å²) in [6.07, 6.45) is 0. The molecule has 0 unspecified atom stereocenters. The summed E-state index contributed by atoms with van der Waals surface area (Å²) in [7, 11) is 0. The van der Waals surface area contributed by atoms with Crippen LogP contribution < -0.4 is 32.8 Å². The molecule has 0 atom stereocenters. The van der Waals surface area contributed by atoms with Gasteiger partial charge in [0.05, 0.1) is 44.1 Å². The standard InChI is InChI=1S/C72H38B2N4/c1-5-13-39(14-6-1)43-21-25-55-47(33-43)51-37-52-48-34-44(40-15-7-2-8-16-40)22-26-56(48)76-61-31-32-62-66-65(61)73-63-59(75(55)69(51)67(73)70(52)76)29-30-60-64(63)74(66)68-71-53(49-35-45(23-27-57(49)77(60)71)41-17-9-3-10-18-41)38-54-50-36-46(42-19-11-4-12-20-42)24-28-58(50)78(62)72(54)68/h1-38H. The Hall–Kier alpha value is -10.0. The second kappa shape index (κ2) is 13.3. The van der Waals surface area contributed by atoms with Crippen LogP contribution in [0.25, 0.3) is 154 Å². The number of hydrogen-bond donors (Lipinski definition) is 0. The van der Waals surface area contributed by atoms with E-state index in [1.807, 2.05) is 0 Å². The van der Waals surface area contributed by atoms with E-state index in [0.29, 0.717) is 0 Å². The molecular formula is C72H38B2N4. The second-order valence-electron chi connectivity index (χ2n) is 22.6. The average Bonchev–Trinajstić information content (AvgIpc) is 2.32. The van der Waals surface area contributed by atoms with Gasteiger partial charge in [0.15, 0.2) is 0 Å². The van der Waals surface area contributed by atoms with Crippen molar-refractivity contribution in [2.75, 3.05) is 0 Å². The van der Waals surface area contributed by atoms with Crippen molar-refractivity contribution in [3.8, 4) is 67.3 Å². The maximum absolute atomic E-state index is 2.69. The highest BCUT2D eigenvalue weighted by Gasteiger charge is 2.54. The van der Waals surface area contributed by atoms with Gasteiger partial charge in [-0.2, -0.15) is 0 Å². The quantitative estimate of drug-likeness (QED) is 0.157. The van der Waals surface area contributed by atoms with Gasteiger partial charge in [-0.1, -0.05) is 146 Å². The van der Waals surface area contributed by atoms with E-state index < -0.39 is 0 Å². The third kappa shape index (κ3) is 4.39. The molecule has 0 amide bonds. The summed E-state index contributed by atoms with van der Waals surface area (Å²) in [6, 6.07) is 87.8. The first-order valence-corrected chi connectivity index (χ1v) is 27.5. The number of nitrogens with zero attached hydrogens (tertiary/aromatic N) is 4. The molecule has 16 aromatic rings. The number of aromatic nitrogens is 4. The van der Waals surface area contributed by atoms with Crippen molar-refractivity contribution in [3.63, 3.8) is 0 Å². The summed E-state index contributed by atoms with van der Waals surface area (Å²) in [4.78, 5) is 0. The Morgan fingerprint density at radius 3 is 0.679 bits per heavy atom. The fraction of sp³-hybridized carbons (Fsp3) is 0. The van der Waals surface area contributed by atoms with E-state index in [2.05, 4.69) is 249 Å². The van der Waals surface area contributed by atoms with E-state index in [1.54, 1.807) is 0 Å². The molecule has 0 radical (unpaired) electrons. The zero-order valence-electron chi connectivity index (χ0n) is 41.9. The maximum atomic E-state index is 2.69. The molecule has 0 aliphatic carbocycles. The molecule has 0 spiro atoms. The van der Waals surface area contributed by atoms with Crippen LogP contribution in [0.4, 0.5) is 0 Å². The van der Waals surface area contributed by atoms with Crippen LogP contribution in [-0.2, 0) is 0 Å². The molecular weight excluding hydrogens is 942 g/mol. The van der Waals surface area contributed by atoms with Crippen molar-refractivity contribution in [2.24, 2.45) is 0 Å². The zero-order valence-corrected chi connectivity index (χ0v) is 41.9. The Kier molecular flexibility index (Phi) is 6.72. The Morgan fingerprint density at radius 1 is 0.192 bits per heavy atom. The van der Waals surface area contributed by atoms with Gasteiger partial charge in [-0.3, -0.25) is 0 Å². The van der Waals surface area contributed by atoms with Crippen LogP contribution in [0.3, 0.4) is 0 Å². The lowest BCUT2D eigenvalue weighted by Crippen LogP contribution is -2.80. The molecule has 0 bridgehead atoms. The predicted octanol–water partition coefficient (Wildman–Crippen LogP) is 13.3. The monoisotopic (exact) mass is 980 g/mol. The molecule has 78 heavy (non-hydrogen) atoms. The van der Waals surface area contributed by atoms with Crippen molar-refractivity contribution in [1.82, 2.24) is 18.3 Å². The summed E-state index contributed by atoms with van der Waals surface area (Å²) >= 11 is 0. The van der Waals surface area contributed by atoms with Gasteiger partial charge in [-0.25, -0.2) is 0 Å². The van der Waals surface area contributed by atoms with Crippen LogP contribution in [0.15, 0.2) is 231 Å². The van der Waals surface area contributed by atoms with Crippen molar-refractivity contribution in [2.45, 2.75) is 0 Å². The van der Waals surface area contributed by atoms with Crippen LogP contribution in [0.1, 0.15) is 0 Å². The number of hydrogen-bond acceptors (Lipinski definition) is 0. The lowest BCUT2D eigenvalue weighted by Gasteiger charge is -2.45. The molecule has 21 rings (SSSR count). The van der Waals surface area contributed by atoms with Crippen LogP contribution in [0.5, 0.6) is 0 Å². The zero-order chi connectivity index (χ0) is 50.0. The maximum Gasteiger partial charge on any atom is 0.251 e. The Bertz CT molecular complexity index is 4870. The lowest BCUT2D eigenvalue weighted by atomic mass is 9.18. The summed E-state index contributed by atoms with van der Waals surface area (Å²) in [5, 5.41) is 10.5. The molecule has 0 N–H and O–H groups in total. The van der Waals surface area contributed by atoms with Gasteiger partial charge in [0, 0.05) is 65.8 Å². The average molecular weight is 981 g/mol. The molecule has 12 aromatic carbocycles. The minimum absolute atomic E-state index is 0.00831. The predicted molar refractivity (Wildman–Crippen MR) is 328 cm³/mol. The highest BCUT2D eigenvalue weighted by molar-refractivity contribution is 7.15. The second-order valence-corrected chi connectivity index (χ2v) is 22.6. The Balaban J connectivity index is 0.972. The van der Waals surface area contributed by atoms with Crippen molar-refractivity contribution < 1.29 is 0 Å². The molecule has 5 aliphatic rings. The smallest absolute Gasteiger partial charge is 0.251 e. The molecule has 4 aromatic heterocycles. The Morgan fingerprint density at radius 2 is 0.436 bits per heavy atom. The lowest BCUT2D eigenvalue weighted by molar-refractivity contribution is 1.13. The normalized spacial score (nSPS) is 13.6. The van der Waals surface area contributed by atoms with E-state index in [9.17, 15) is 0 Å². The van der Waals surface area contributed by atoms with Crippen molar-refractivity contribution in [3.05, 3.63) is 231 Å². The number of fused-ring (bicyclic) bond motifs is 16. The van der Waals surface area contributed by atoms with E-state index in [1.165, 1.54) is 187 Å². The summed E-state index contributed by atoms with van der Waals surface area (Å²) in [5.74, 6) is 0. The molecule has 0 fully saturated rings. The molecule has 5 aliphatic heterocycles. The first kappa shape index (κ1) is 39.4. The third-order valence-corrected chi connectivity index (χ3v) is 19.2. The van der Waals surface area contributed by atoms with Gasteiger partial charge < -0.3 is 18.3 Å². The topological polar surface area (TPSA) is 19.7 Å². The molecule has 6 heteroatoms. The van der Waals surface area contributed by atoms with Crippen LogP contribution in [-0.4, -0.2) is 31.7 Å². The summed E-state index contributed by atoms with van der Waals surface area (Å²) in [6.45, 7) is 0.0166. The van der Waals surface area contributed by atoms with Crippen LogP contribution >= 0.6 is 0 Å². The molecule has 0 saturated carbocycles. The van der Waals surface area contributed by atoms with Gasteiger partial charge in [0.1, 0.15) is 0 Å². The summed E-state index contributed by atoms with van der Waals surface area (Å²) in [5.41, 5.74) is 34.2. The van der Waals surface area contributed by atoms with Crippen LogP contribution in [0, 0.1) is 0 Å². The minimum Gasteiger partial charge on any atom is -0.310 e. The van der Waals surface area contributed by atoms with E-state index >= 15 is 0 Å². The van der Waals surface area contributed by atoms with Gasteiger partial charge in [0.2, 0.25) is 0 Å². The van der Waals surface area contributed by atoms with Crippen LogP contribution in [0.2, 0.25) is 0 Å². The van der Waals surface area contributed by atoms with Crippen molar-refractivity contribution >= 4 is 133 Å². The van der Waals surface area contributed by atoms with E-state index in [-0.39, 0.29) is 13.4 Å². The fourth-order valence-electron chi connectivity index (χ4n) is 16.3. The van der Waals surface area contributed by atoms with E-state index in [4.69, 9.17) is 0 Å². The van der Waals surface area contributed by atoms with E-state index in [0.717, 1.165) is 0 Å². The fourth-order valence-corrected chi connectivity index (χ4v) is 16.3. The van der Waals surface area contributed by atoms with Gasteiger partial charge in [-0.05, 0) is 162 Å². The Labute approximate surface area is 447 Å². The van der Waals surface area contributed by atoms with Gasteiger partial charge >= 0.3 is 0 Å². The third-order valence-electron chi connectivity index (χ3n) is 19.2. The first-order valence-electron chi connectivity index (χ1n) is 27.5. The highest BCUT2D eigenvalue weighted by Crippen LogP contribution is 2.48. The first-order chi connectivity index (χ1) is 38.7. The molecule has 0 saturated heterocycles. The van der Waals surface area contributed by atoms with Crippen molar-refractivity contribution in [1.29, 1.82) is 0 Å². The highest BCUT2D eigenvalue weighted by atomic mass is 15.1. The minimum atomic E-state index is 0.00831. The number of benzene rings is 12. The number of rotatable bonds is 4. The molecule has 352 valence electrons.